The van der Waals surface area contributed by atoms with Gasteiger partial charge in [0.05, 0.1) is 6.54 Å². The van der Waals surface area contributed by atoms with Crippen LogP contribution < -0.4 is 16.2 Å². The summed E-state index contributed by atoms with van der Waals surface area (Å²) in [7, 11) is 1.80. The number of aromatic nitrogens is 2. The highest BCUT2D eigenvalue weighted by Gasteiger charge is 2.16. The van der Waals surface area contributed by atoms with Crippen LogP contribution in [-0.2, 0) is 0 Å². The molecule has 0 fully saturated rings. The van der Waals surface area contributed by atoms with Crippen molar-refractivity contribution < 1.29 is 0 Å². The van der Waals surface area contributed by atoms with Gasteiger partial charge in [-0.2, -0.15) is 4.98 Å². The van der Waals surface area contributed by atoms with Crippen molar-refractivity contribution in [2.75, 3.05) is 24.2 Å². The van der Waals surface area contributed by atoms with Crippen LogP contribution in [0.15, 0.2) is 9.79 Å². The second-order valence-electron chi connectivity index (χ2n) is 2.82. The highest BCUT2D eigenvalue weighted by Crippen LogP contribution is 2.23. The van der Waals surface area contributed by atoms with E-state index in [1.807, 2.05) is 0 Å². The zero-order chi connectivity index (χ0) is 9.42. The first kappa shape index (κ1) is 7.78. The SMILES string of the molecule is CN1CC=Nc2nc(N)[nH]c(=O)c21. The molecule has 0 aliphatic carbocycles. The first-order valence-corrected chi connectivity index (χ1v) is 3.82. The van der Waals surface area contributed by atoms with Crippen molar-refractivity contribution in [2.24, 2.45) is 4.99 Å². The van der Waals surface area contributed by atoms with E-state index in [4.69, 9.17) is 5.73 Å². The Labute approximate surface area is 74.1 Å². The number of hydrogen-bond donors (Lipinski definition) is 2. The molecule has 3 N–H and O–H groups in total. The number of anilines is 2. The summed E-state index contributed by atoms with van der Waals surface area (Å²) in [5.41, 5.74) is 5.59. The molecule has 1 aliphatic rings. The van der Waals surface area contributed by atoms with E-state index in [1.165, 1.54) is 0 Å². The van der Waals surface area contributed by atoms with Crippen LogP contribution in [0.4, 0.5) is 17.5 Å². The van der Waals surface area contributed by atoms with Crippen LogP contribution in [0.5, 0.6) is 0 Å². The smallest absolute Gasteiger partial charge is 0.278 e. The van der Waals surface area contributed by atoms with Crippen molar-refractivity contribution in [1.82, 2.24) is 9.97 Å². The summed E-state index contributed by atoms with van der Waals surface area (Å²) in [6, 6.07) is 0. The second kappa shape index (κ2) is 2.58. The van der Waals surface area contributed by atoms with Crippen LogP contribution in [0.2, 0.25) is 0 Å². The van der Waals surface area contributed by atoms with Crippen LogP contribution in [0.25, 0.3) is 0 Å². The molecule has 0 aromatic carbocycles. The molecule has 2 heterocycles. The predicted octanol–water partition coefficient (Wildman–Crippen LogP) is -0.496. The molecule has 0 spiro atoms. The lowest BCUT2D eigenvalue weighted by Crippen LogP contribution is -2.29. The average Bonchev–Trinajstić information content (AvgIpc) is 2.02. The van der Waals surface area contributed by atoms with E-state index in [2.05, 4.69) is 15.0 Å². The van der Waals surface area contributed by atoms with Gasteiger partial charge in [0.2, 0.25) is 5.95 Å². The first-order valence-electron chi connectivity index (χ1n) is 3.82. The van der Waals surface area contributed by atoms with Gasteiger partial charge in [0.15, 0.2) is 5.82 Å². The molecule has 0 amide bonds. The molecule has 6 heteroatoms. The Kier molecular flexibility index (Phi) is 1.54. The Bertz CT molecular complexity index is 421. The van der Waals surface area contributed by atoms with Crippen LogP contribution in [0, 0.1) is 0 Å². The Morgan fingerprint density at radius 3 is 3.23 bits per heavy atom. The molecule has 0 atom stereocenters. The van der Waals surface area contributed by atoms with Gasteiger partial charge in [-0.1, -0.05) is 0 Å². The monoisotopic (exact) mass is 179 g/mol. The number of hydrogen-bond acceptors (Lipinski definition) is 5. The number of aromatic amines is 1. The highest BCUT2D eigenvalue weighted by atomic mass is 16.1. The van der Waals surface area contributed by atoms with E-state index >= 15 is 0 Å². The fourth-order valence-electron chi connectivity index (χ4n) is 1.25. The Morgan fingerprint density at radius 1 is 1.69 bits per heavy atom. The van der Waals surface area contributed by atoms with Gasteiger partial charge >= 0.3 is 0 Å². The predicted molar refractivity (Wildman–Crippen MR) is 50.7 cm³/mol. The fraction of sp³-hybridized carbons (Fsp3) is 0.286. The first-order chi connectivity index (χ1) is 6.18. The van der Waals surface area contributed by atoms with Crippen LogP contribution in [-0.4, -0.2) is 29.8 Å². The molecule has 1 aromatic heterocycles. The van der Waals surface area contributed by atoms with Gasteiger partial charge in [0, 0.05) is 13.3 Å². The summed E-state index contributed by atoms with van der Waals surface area (Å²) >= 11 is 0. The van der Waals surface area contributed by atoms with Gasteiger partial charge in [-0.25, -0.2) is 4.99 Å². The Morgan fingerprint density at radius 2 is 2.46 bits per heavy atom. The highest BCUT2D eigenvalue weighted by molar-refractivity contribution is 5.79. The van der Waals surface area contributed by atoms with Crippen molar-refractivity contribution in [1.29, 1.82) is 0 Å². The van der Waals surface area contributed by atoms with Crippen LogP contribution in [0.1, 0.15) is 0 Å². The lowest BCUT2D eigenvalue weighted by Gasteiger charge is -2.20. The van der Waals surface area contributed by atoms with Gasteiger partial charge in [0.1, 0.15) is 5.69 Å². The van der Waals surface area contributed by atoms with E-state index in [0.29, 0.717) is 18.1 Å². The number of nitrogen functional groups attached to an aromatic ring is 1. The van der Waals surface area contributed by atoms with E-state index in [-0.39, 0.29) is 11.5 Å². The minimum absolute atomic E-state index is 0.0937. The molecule has 2 rings (SSSR count). The third kappa shape index (κ3) is 1.16. The fourth-order valence-corrected chi connectivity index (χ4v) is 1.25. The maximum atomic E-state index is 11.4. The van der Waals surface area contributed by atoms with E-state index in [0.717, 1.165) is 0 Å². The van der Waals surface area contributed by atoms with Crippen LogP contribution >= 0.6 is 0 Å². The third-order valence-corrected chi connectivity index (χ3v) is 1.85. The topological polar surface area (TPSA) is 87.4 Å². The van der Waals surface area contributed by atoms with Gasteiger partial charge in [0.25, 0.3) is 5.56 Å². The number of nitrogens with zero attached hydrogens (tertiary/aromatic N) is 3. The quantitative estimate of drug-likeness (QED) is 0.562. The lowest BCUT2D eigenvalue weighted by molar-refractivity contribution is 0.988. The van der Waals surface area contributed by atoms with Crippen molar-refractivity contribution in [3.63, 3.8) is 0 Å². The van der Waals surface area contributed by atoms with Crippen molar-refractivity contribution in [3.8, 4) is 0 Å². The van der Waals surface area contributed by atoms with Gasteiger partial charge < -0.3 is 10.6 Å². The van der Waals surface area contributed by atoms with Gasteiger partial charge in [-0.3, -0.25) is 9.78 Å². The molecule has 0 saturated carbocycles. The summed E-state index contributed by atoms with van der Waals surface area (Å²) in [5.74, 6) is 0.478. The number of aliphatic imine (C=N–C) groups is 1. The molecular weight excluding hydrogens is 170 g/mol. The summed E-state index contributed by atoms with van der Waals surface area (Å²) < 4.78 is 0. The number of nitrogens with one attached hydrogen (secondary N) is 1. The van der Waals surface area contributed by atoms with Gasteiger partial charge in [-0.05, 0) is 0 Å². The number of fused-ring (bicyclic) bond motifs is 1. The molecule has 13 heavy (non-hydrogen) atoms. The number of rotatable bonds is 0. The zero-order valence-electron chi connectivity index (χ0n) is 7.11. The summed E-state index contributed by atoms with van der Waals surface area (Å²) in [4.78, 5) is 23.5. The zero-order valence-corrected chi connectivity index (χ0v) is 7.11. The number of nitrogens with two attached hydrogens (primary N) is 1. The van der Waals surface area contributed by atoms with Gasteiger partial charge in [-0.15, -0.1) is 0 Å². The largest absolute Gasteiger partial charge is 0.369 e. The molecule has 1 aliphatic heterocycles. The maximum absolute atomic E-state index is 11.4. The summed E-state index contributed by atoms with van der Waals surface area (Å²) in [6.45, 7) is 0.613. The van der Waals surface area contributed by atoms with Crippen molar-refractivity contribution in [3.05, 3.63) is 10.4 Å². The van der Waals surface area contributed by atoms with E-state index in [1.54, 1.807) is 18.2 Å². The van der Waals surface area contributed by atoms with Crippen LogP contribution in [0.3, 0.4) is 0 Å². The van der Waals surface area contributed by atoms with Crippen molar-refractivity contribution >= 4 is 23.7 Å². The maximum Gasteiger partial charge on any atom is 0.278 e. The molecule has 0 unspecified atom stereocenters. The Hall–Kier alpha value is -1.85. The molecule has 1 aromatic rings. The number of H-pyrrole nitrogens is 1. The average molecular weight is 179 g/mol. The molecule has 0 radical (unpaired) electrons. The standard InChI is InChI=1S/C7H9N5O/c1-12-3-2-9-5-4(12)6(13)11-7(8)10-5/h2H,3H2,1H3,(H3,8,10,11,13). The molecule has 68 valence electrons. The minimum atomic E-state index is -0.248. The van der Waals surface area contributed by atoms with Crippen molar-refractivity contribution in [2.45, 2.75) is 0 Å². The van der Waals surface area contributed by atoms with E-state index < -0.39 is 0 Å². The normalized spacial score (nSPS) is 14.4. The summed E-state index contributed by atoms with van der Waals surface area (Å²) in [6.07, 6.45) is 1.69. The second-order valence-corrected chi connectivity index (χ2v) is 2.82. The molecule has 0 saturated heterocycles. The molecule has 0 bridgehead atoms. The minimum Gasteiger partial charge on any atom is -0.369 e. The molecular formula is C7H9N5O. The van der Waals surface area contributed by atoms with E-state index in [9.17, 15) is 4.79 Å². The third-order valence-electron chi connectivity index (χ3n) is 1.85. The lowest BCUT2D eigenvalue weighted by atomic mass is 10.3. The molecule has 6 nitrogen and oxygen atoms in total. The Balaban J connectivity index is 2.72. The summed E-state index contributed by atoms with van der Waals surface area (Å²) in [5, 5.41) is 0.